The number of aromatic amines is 1. The van der Waals surface area contributed by atoms with Crippen LogP contribution in [0.2, 0.25) is 0 Å². The van der Waals surface area contributed by atoms with Crippen molar-refractivity contribution < 1.29 is 14.6 Å². The van der Waals surface area contributed by atoms with Gasteiger partial charge in [-0.1, -0.05) is 18.2 Å². The molecule has 3 rings (SSSR count). The van der Waals surface area contributed by atoms with Gasteiger partial charge in [0.2, 0.25) is 0 Å². The van der Waals surface area contributed by atoms with Gasteiger partial charge in [0.1, 0.15) is 11.3 Å². The quantitative estimate of drug-likeness (QED) is 0.761. The van der Waals surface area contributed by atoms with E-state index in [1.165, 1.54) is 6.07 Å². The van der Waals surface area contributed by atoms with Crippen molar-refractivity contribution in [1.29, 1.82) is 0 Å². The van der Waals surface area contributed by atoms with E-state index < -0.39 is 17.6 Å². The maximum atomic E-state index is 12.0. The zero-order valence-electron chi connectivity index (χ0n) is 10.1. The molecular weight excluding hydrogens is 246 g/mol. The topological polar surface area (TPSA) is 79.4 Å². The first kappa shape index (κ1) is 11.5. The highest BCUT2D eigenvalue weighted by Gasteiger charge is 2.35. The molecule has 0 aliphatic carbocycles. The standard InChI is InChI=1S/C14H11NO4/c1-7-6-10(16)11(13(17)15-7)12-8-4-2-3-5-9(8)14(18)19-12/h2-6,12H,1H3,(H2,15,16,17). The summed E-state index contributed by atoms with van der Waals surface area (Å²) in [5, 5.41) is 9.93. The predicted octanol–water partition coefficient (Wildman–Crippen LogP) is 1.65. The molecule has 0 bridgehead atoms. The Kier molecular flexibility index (Phi) is 2.41. The minimum Gasteiger partial charge on any atom is -0.507 e. The van der Waals surface area contributed by atoms with Crippen LogP contribution in [0.3, 0.4) is 0 Å². The van der Waals surface area contributed by atoms with E-state index in [4.69, 9.17) is 4.74 Å². The summed E-state index contributed by atoms with van der Waals surface area (Å²) >= 11 is 0. The number of rotatable bonds is 1. The number of hydrogen-bond donors (Lipinski definition) is 2. The van der Waals surface area contributed by atoms with Gasteiger partial charge in [-0.05, 0) is 19.1 Å². The molecule has 1 aromatic heterocycles. The van der Waals surface area contributed by atoms with Gasteiger partial charge in [0, 0.05) is 11.3 Å². The average molecular weight is 257 g/mol. The number of carbonyl (C=O) groups excluding carboxylic acids is 1. The number of H-pyrrole nitrogens is 1. The molecule has 2 aromatic rings. The van der Waals surface area contributed by atoms with E-state index in [-0.39, 0.29) is 11.3 Å². The highest BCUT2D eigenvalue weighted by Crippen LogP contribution is 2.37. The first-order valence-electron chi connectivity index (χ1n) is 5.80. The van der Waals surface area contributed by atoms with Crippen LogP contribution >= 0.6 is 0 Å². The number of carbonyl (C=O) groups is 1. The number of aromatic nitrogens is 1. The third kappa shape index (κ3) is 1.71. The number of aryl methyl sites for hydroxylation is 1. The van der Waals surface area contributed by atoms with Crippen LogP contribution in [0.25, 0.3) is 0 Å². The normalized spacial score (nSPS) is 17.1. The molecule has 0 saturated carbocycles. The van der Waals surface area contributed by atoms with Crippen LogP contribution < -0.4 is 5.56 Å². The number of hydrogen-bond acceptors (Lipinski definition) is 4. The molecule has 1 aliphatic rings. The molecule has 1 aliphatic heterocycles. The van der Waals surface area contributed by atoms with Gasteiger partial charge >= 0.3 is 5.97 Å². The number of aromatic hydroxyl groups is 1. The van der Waals surface area contributed by atoms with Gasteiger partial charge in [-0.2, -0.15) is 0 Å². The summed E-state index contributed by atoms with van der Waals surface area (Å²) in [7, 11) is 0. The number of nitrogens with one attached hydrogen (secondary N) is 1. The van der Waals surface area contributed by atoms with E-state index in [0.29, 0.717) is 16.8 Å². The average Bonchev–Trinajstić information content (AvgIpc) is 2.67. The minimum atomic E-state index is -0.854. The highest BCUT2D eigenvalue weighted by molar-refractivity contribution is 5.94. The molecule has 96 valence electrons. The zero-order chi connectivity index (χ0) is 13.6. The Morgan fingerprint density at radius 2 is 2.00 bits per heavy atom. The first-order valence-corrected chi connectivity index (χ1v) is 5.80. The van der Waals surface area contributed by atoms with Crippen molar-refractivity contribution in [1.82, 2.24) is 4.98 Å². The van der Waals surface area contributed by atoms with Gasteiger partial charge in [-0.15, -0.1) is 0 Å². The number of benzene rings is 1. The lowest BCUT2D eigenvalue weighted by Crippen LogP contribution is -2.18. The molecule has 0 amide bonds. The van der Waals surface area contributed by atoms with Crippen molar-refractivity contribution in [2.75, 3.05) is 0 Å². The van der Waals surface area contributed by atoms with E-state index in [0.717, 1.165) is 0 Å². The summed E-state index contributed by atoms with van der Waals surface area (Å²) in [5.74, 6) is -0.657. The Hall–Kier alpha value is -2.56. The third-order valence-electron chi connectivity index (χ3n) is 3.13. The Balaban J connectivity index is 2.21. The van der Waals surface area contributed by atoms with Crippen molar-refractivity contribution in [3.8, 4) is 5.75 Å². The summed E-state index contributed by atoms with van der Waals surface area (Å²) in [6.45, 7) is 1.67. The van der Waals surface area contributed by atoms with Gasteiger partial charge in [-0.25, -0.2) is 4.79 Å². The number of esters is 1. The van der Waals surface area contributed by atoms with Crippen molar-refractivity contribution in [2.24, 2.45) is 0 Å². The molecular formula is C14H11NO4. The largest absolute Gasteiger partial charge is 0.507 e. The molecule has 1 aromatic carbocycles. The van der Waals surface area contributed by atoms with Crippen LogP contribution in [0.5, 0.6) is 5.75 Å². The summed E-state index contributed by atoms with van der Waals surface area (Å²) in [6.07, 6.45) is -0.854. The summed E-state index contributed by atoms with van der Waals surface area (Å²) in [4.78, 5) is 26.3. The smallest absolute Gasteiger partial charge is 0.339 e. The first-order chi connectivity index (χ1) is 9.08. The fourth-order valence-corrected chi connectivity index (χ4v) is 2.29. The van der Waals surface area contributed by atoms with E-state index in [9.17, 15) is 14.7 Å². The Labute approximate surface area is 108 Å². The molecule has 0 radical (unpaired) electrons. The van der Waals surface area contributed by atoms with Crippen LogP contribution in [0.15, 0.2) is 35.1 Å². The number of ether oxygens (including phenoxy) is 1. The van der Waals surface area contributed by atoms with Crippen molar-refractivity contribution in [2.45, 2.75) is 13.0 Å². The maximum Gasteiger partial charge on any atom is 0.339 e. The summed E-state index contributed by atoms with van der Waals surface area (Å²) in [5.41, 5.74) is 1.17. The second-order valence-electron chi connectivity index (χ2n) is 4.45. The van der Waals surface area contributed by atoms with Crippen molar-refractivity contribution in [3.05, 3.63) is 63.1 Å². The second kappa shape index (κ2) is 3.98. The third-order valence-corrected chi connectivity index (χ3v) is 3.13. The predicted molar refractivity (Wildman–Crippen MR) is 67.2 cm³/mol. The van der Waals surface area contributed by atoms with E-state index in [1.54, 1.807) is 31.2 Å². The SMILES string of the molecule is Cc1cc(O)c(C2OC(=O)c3ccccc32)c(=O)[nH]1. The minimum absolute atomic E-state index is 0.0592. The van der Waals surface area contributed by atoms with Crippen LogP contribution in [0.4, 0.5) is 0 Å². The molecule has 2 N–H and O–H groups in total. The zero-order valence-corrected chi connectivity index (χ0v) is 10.1. The van der Waals surface area contributed by atoms with Crippen LogP contribution in [0, 0.1) is 6.92 Å². The Morgan fingerprint density at radius 3 is 2.74 bits per heavy atom. The highest BCUT2D eigenvalue weighted by atomic mass is 16.5. The molecule has 5 nitrogen and oxygen atoms in total. The van der Waals surface area contributed by atoms with Gasteiger partial charge in [0.15, 0.2) is 6.10 Å². The molecule has 19 heavy (non-hydrogen) atoms. The van der Waals surface area contributed by atoms with E-state index in [1.807, 2.05) is 0 Å². The van der Waals surface area contributed by atoms with E-state index >= 15 is 0 Å². The lowest BCUT2D eigenvalue weighted by Gasteiger charge is -2.12. The van der Waals surface area contributed by atoms with Gasteiger partial charge < -0.3 is 14.8 Å². The van der Waals surface area contributed by atoms with Gasteiger partial charge in [-0.3, -0.25) is 4.79 Å². The van der Waals surface area contributed by atoms with Crippen LogP contribution in [0.1, 0.15) is 33.3 Å². The van der Waals surface area contributed by atoms with Crippen LogP contribution in [-0.4, -0.2) is 16.1 Å². The number of fused-ring (bicyclic) bond motifs is 1. The van der Waals surface area contributed by atoms with Gasteiger partial charge in [0.05, 0.1) is 5.56 Å². The number of pyridine rings is 1. The molecule has 2 heterocycles. The lowest BCUT2D eigenvalue weighted by atomic mass is 9.99. The lowest BCUT2D eigenvalue weighted by molar-refractivity contribution is 0.0451. The molecule has 0 fully saturated rings. The second-order valence-corrected chi connectivity index (χ2v) is 4.45. The summed E-state index contributed by atoms with van der Waals surface area (Å²) < 4.78 is 5.20. The van der Waals surface area contributed by atoms with Gasteiger partial charge in [0.25, 0.3) is 5.56 Å². The summed E-state index contributed by atoms with van der Waals surface area (Å²) in [6, 6.07) is 8.27. The fourth-order valence-electron chi connectivity index (χ4n) is 2.29. The monoisotopic (exact) mass is 257 g/mol. The molecule has 1 atom stereocenters. The number of cyclic esters (lactones) is 1. The molecule has 1 unspecified atom stereocenters. The molecule has 0 saturated heterocycles. The Morgan fingerprint density at radius 1 is 1.26 bits per heavy atom. The fraction of sp³-hybridized carbons (Fsp3) is 0.143. The molecule has 0 spiro atoms. The van der Waals surface area contributed by atoms with Crippen molar-refractivity contribution >= 4 is 5.97 Å². The van der Waals surface area contributed by atoms with Crippen LogP contribution in [-0.2, 0) is 4.74 Å². The van der Waals surface area contributed by atoms with Crippen molar-refractivity contribution in [3.63, 3.8) is 0 Å². The Bertz CT molecular complexity index is 732. The van der Waals surface area contributed by atoms with E-state index in [2.05, 4.69) is 4.98 Å². The molecule has 5 heteroatoms. The maximum absolute atomic E-state index is 12.0.